The lowest BCUT2D eigenvalue weighted by atomic mass is 9.80. The zero-order valence-electron chi connectivity index (χ0n) is 15.2. The smallest absolute Gasteiger partial charge is 0.223 e. The van der Waals surface area contributed by atoms with Crippen LogP contribution in [0, 0.1) is 0 Å². The molecule has 2 unspecified atom stereocenters. The van der Waals surface area contributed by atoms with Crippen molar-refractivity contribution in [2.75, 3.05) is 0 Å². The molecular weight excluding hydrogens is 367 g/mol. The third kappa shape index (κ3) is 3.89. The molecule has 0 aliphatic carbocycles. The van der Waals surface area contributed by atoms with Crippen LogP contribution < -0.4 is 0 Å². The van der Waals surface area contributed by atoms with Crippen molar-refractivity contribution in [2.45, 2.75) is 57.5 Å². The summed E-state index contributed by atoms with van der Waals surface area (Å²) in [6.45, 7) is 4.27. The Labute approximate surface area is 165 Å². The summed E-state index contributed by atoms with van der Waals surface area (Å²) in [6.07, 6.45) is 4.86. The van der Waals surface area contributed by atoms with Crippen LogP contribution in [0.25, 0.3) is 0 Å². The molecule has 2 heterocycles. The molecule has 2 atom stereocenters. The van der Waals surface area contributed by atoms with E-state index in [9.17, 15) is 4.79 Å². The Bertz CT molecular complexity index is 759. The van der Waals surface area contributed by atoms with E-state index in [4.69, 9.17) is 23.2 Å². The fourth-order valence-corrected chi connectivity index (χ4v) is 4.34. The molecule has 5 heteroatoms. The summed E-state index contributed by atoms with van der Waals surface area (Å²) in [5.41, 5.74) is 2.04. The third-order valence-electron chi connectivity index (χ3n) is 5.30. The van der Waals surface area contributed by atoms with E-state index in [-0.39, 0.29) is 23.9 Å². The number of piperidine rings is 1. The molecule has 1 aromatic heterocycles. The van der Waals surface area contributed by atoms with E-state index >= 15 is 0 Å². The number of carbonyl (C=O) groups is 1. The minimum atomic E-state index is -0.100. The molecule has 1 aliphatic rings. The Hall–Kier alpha value is -1.58. The van der Waals surface area contributed by atoms with Crippen LogP contribution in [-0.2, 0) is 4.79 Å². The van der Waals surface area contributed by atoms with E-state index in [0.717, 1.165) is 35.5 Å². The highest BCUT2D eigenvalue weighted by atomic mass is 35.5. The molecule has 1 aliphatic heterocycles. The summed E-state index contributed by atoms with van der Waals surface area (Å²) in [4.78, 5) is 19.5. The van der Waals surface area contributed by atoms with Gasteiger partial charge in [-0.2, -0.15) is 0 Å². The number of nitrogens with zero attached hydrogens (tertiary/aromatic N) is 2. The van der Waals surface area contributed by atoms with Crippen molar-refractivity contribution in [2.24, 2.45) is 0 Å². The molecular formula is C21H24Cl2N2O. The van der Waals surface area contributed by atoms with Crippen LogP contribution in [0.15, 0.2) is 42.6 Å². The first-order valence-electron chi connectivity index (χ1n) is 9.23. The van der Waals surface area contributed by atoms with Gasteiger partial charge in [-0.15, -0.1) is 0 Å². The lowest BCUT2D eigenvalue weighted by Gasteiger charge is -2.45. The van der Waals surface area contributed by atoms with Crippen LogP contribution in [0.4, 0.5) is 0 Å². The van der Waals surface area contributed by atoms with Gasteiger partial charge in [0.15, 0.2) is 0 Å². The maximum absolute atomic E-state index is 12.9. The predicted octanol–water partition coefficient (Wildman–Crippen LogP) is 6.02. The Morgan fingerprint density at radius 3 is 2.54 bits per heavy atom. The minimum Gasteiger partial charge on any atom is -0.331 e. The Kier molecular flexibility index (Phi) is 6.20. The van der Waals surface area contributed by atoms with Crippen LogP contribution in [0.3, 0.4) is 0 Å². The molecule has 0 bridgehead atoms. The summed E-state index contributed by atoms with van der Waals surface area (Å²) < 4.78 is 0. The molecule has 0 saturated carbocycles. The fourth-order valence-electron chi connectivity index (χ4n) is 4.02. The average molecular weight is 391 g/mol. The average Bonchev–Trinajstić information content (AvgIpc) is 2.64. The third-order valence-corrected chi connectivity index (χ3v) is 5.76. The van der Waals surface area contributed by atoms with Crippen molar-refractivity contribution < 1.29 is 4.79 Å². The van der Waals surface area contributed by atoms with Crippen molar-refractivity contribution in [3.05, 3.63) is 63.9 Å². The maximum atomic E-state index is 12.9. The first-order valence-corrected chi connectivity index (χ1v) is 9.98. The molecule has 1 aromatic carbocycles. The van der Waals surface area contributed by atoms with E-state index in [1.807, 2.05) is 30.3 Å². The van der Waals surface area contributed by atoms with Gasteiger partial charge < -0.3 is 4.90 Å². The largest absolute Gasteiger partial charge is 0.331 e. The highest BCUT2D eigenvalue weighted by Gasteiger charge is 2.40. The quantitative estimate of drug-likeness (QED) is 0.624. The fraction of sp³-hybridized carbons (Fsp3) is 0.429. The van der Waals surface area contributed by atoms with Gasteiger partial charge in [0.05, 0.1) is 16.8 Å². The van der Waals surface area contributed by atoms with E-state index < -0.39 is 0 Å². The summed E-state index contributed by atoms with van der Waals surface area (Å²) in [5, 5.41) is 1.32. The molecule has 1 amide bonds. The molecule has 0 N–H and O–H groups in total. The van der Waals surface area contributed by atoms with Gasteiger partial charge in [0.2, 0.25) is 5.91 Å². The van der Waals surface area contributed by atoms with Crippen LogP contribution in [0.2, 0.25) is 10.0 Å². The molecule has 1 saturated heterocycles. The second kappa shape index (κ2) is 8.41. The topological polar surface area (TPSA) is 33.2 Å². The van der Waals surface area contributed by atoms with Crippen molar-refractivity contribution in [3.8, 4) is 0 Å². The number of benzene rings is 1. The second-order valence-electron chi connectivity index (χ2n) is 6.82. The first kappa shape index (κ1) is 19.2. The number of hydrogen-bond acceptors (Lipinski definition) is 2. The number of likely N-dealkylation sites (tertiary alicyclic amines) is 1. The van der Waals surface area contributed by atoms with E-state index in [1.165, 1.54) is 0 Å². The molecule has 0 radical (unpaired) electrons. The lowest BCUT2D eigenvalue weighted by molar-refractivity contribution is -0.141. The summed E-state index contributed by atoms with van der Waals surface area (Å²) >= 11 is 12.3. The van der Waals surface area contributed by atoms with Crippen LogP contribution in [0.1, 0.15) is 62.7 Å². The molecule has 0 spiro atoms. The number of amides is 1. The van der Waals surface area contributed by atoms with Crippen molar-refractivity contribution in [1.29, 1.82) is 0 Å². The first-order chi connectivity index (χ1) is 12.5. The minimum absolute atomic E-state index is 0.100. The normalized spacial score (nSPS) is 20.7. The van der Waals surface area contributed by atoms with Gasteiger partial charge in [-0.25, -0.2) is 0 Å². The van der Waals surface area contributed by atoms with E-state index in [2.05, 4.69) is 29.8 Å². The number of rotatable bonds is 5. The molecule has 2 aromatic rings. The van der Waals surface area contributed by atoms with E-state index in [0.29, 0.717) is 11.4 Å². The highest BCUT2D eigenvalue weighted by Crippen LogP contribution is 2.44. The predicted molar refractivity (Wildman–Crippen MR) is 107 cm³/mol. The van der Waals surface area contributed by atoms with Crippen molar-refractivity contribution in [3.63, 3.8) is 0 Å². The van der Waals surface area contributed by atoms with Gasteiger partial charge in [0.1, 0.15) is 0 Å². The number of aromatic nitrogens is 1. The SMILES string of the molecule is CCC(CC)N1C(=O)CCC(c2cccc(Cl)c2)C1c1ccc(Cl)cn1. The summed E-state index contributed by atoms with van der Waals surface area (Å²) in [6, 6.07) is 11.9. The van der Waals surface area contributed by atoms with Crippen molar-refractivity contribution in [1.82, 2.24) is 9.88 Å². The number of carbonyl (C=O) groups excluding carboxylic acids is 1. The van der Waals surface area contributed by atoms with Gasteiger partial charge in [0.25, 0.3) is 0 Å². The van der Waals surface area contributed by atoms with Gasteiger partial charge in [-0.3, -0.25) is 9.78 Å². The Morgan fingerprint density at radius 2 is 1.92 bits per heavy atom. The molecule has 3 rings (SSSR count). The second-order valence-corrected chi connectivity index (χ2v) is 7.69. The Morgan fingerprint density at radius 1 is 1.15 bits per heavy atom. The maximum Gasteiger partial charge on any atom is 0.223 e. The van der Waals surface area contributed by atoms with Crippen LogP contribution >= 0.6 is 23.2 Å². The number of halogens is 2. The van der Waals surface area contributed by atoms with Crippen LogP contribution in [0.5, 0.6) is 0 Å². The van der Waals surface area contributed by atoms with Gasteiger partial charge >= 0.3 is 0 Å². The Balaban J connectivity index is 2.09. The van der Waals surface area contributed by atoms with E-state index in [1.54, 1.807) is 6.20 Å². The van der Waals surface area contributed by atoms with Gasteiger partial charge in [-0.1, -0.05) is 49.2 Å². The monoisotopic (exact) mass is 390 g/mol. The molecule has 3 nitrogen and oxygen atoms in total. The molecule has 138 valence electrons. The number of pyridine rings is 1. The highest BCUT2D eigenvalue weighted by molar-refractivity contribution is 6.30. The zero-order chi connectivity index (χ0) is 18.7. The van der Waals surface area contributed by atoms with Crippen molar-refractivity contribution >= 4 is 29.1 Å². The summed E-state index contributed by atoms with van der Waals surface area (Å²) in [7, 11) is 0. The zero-order valence-corrected chi connectivity index (χ0v) is 16.7. The van der Waals surface area contributed by atoms with Gasteiger partial charge in [-0.05, 0) is 49.1 Å². The standard InChI is InChI=1S/C21H24Cl2N2O/c1-3-17(4-2)25-20(26)11-9-18(14-6-5-7-15(22)12-14)21(25)19-10-8-16(23)13-24-19/h5-8,10,12-13,17-18,21H,3-4,9,11H2,1-2H3. The molecule has 26 heavy (non-hydrogen) atoms. The summed E-state index contributed by atoms with van der Waals surface area (Å²) in [5.74, 6) is 0.374. The number of hydrogen-bond donors (Lipinski definition) is 0. The molecule has 1 fully saturated rings. The van der Waals surface area contributed by atoms with Crippen LogP contribution in [-0.4, -0.2) is 21.8 Å². The van der Waals surface area contributed by atoms with Gasteiger partial charge in [0, 0.05) is 29.6 Å². The lowest BCUT2D eigenvalue weighted by Crippen LogP contribution is -2.47.